The molecule has 0 saturated heterocycles. The highest BCUT2D eigenvalue weighted by atomic mass is 32.1. The molecule has 468 valence electrons. The maximum absolute atomic E-state index is 6.60. The Morgan fingerprint density at radius 3 is 0.970 bits per heavy atom. The van der Waals surface area contributed by atoms with Gasteiger partial charge in [-0.15, -0.1) is 22.7 Å². The average molecular weight is 1320 g/mol. The van der Waals surface area contributed by atoms with E-state index in [1.54, 1.807) is 0 Å². The molecule has 0 fully saturated rings. The average Bonchev–Trinajstić information content (AvgIpc) is 1.59. The van der Waals surface area contributed by atoms with E-state index in [4.69, 9.17) is 38.7 Å². The van der Waals surface area contributed by atoms with Gasteiger partial charge < -0.3 is 8.83 Å². The lowest BCUT2D eigenvalue weighted by molar-refractivity contribution is 0.668. The summed E-state index contributed by atoms with van der Waals surface area (Å²) in [6.07, 6.45) is 0. The molecule has 20 rings (SSSR count). The van der Waals surface area contributed by atoms with E-state index in [1.807, 2.05) is 138 Å². The summed E-state index contributed by atoms with van der Waals surface area (Å²) in [5, 5.41) is 9.50. The van der Waals surface area contributed by atoms with Crippen molar-refractivity contribution in [2.24, 2.45) is 0 Å². The van der Waals surface area contributed by atoms with Crippen molar-refractivity contribution in [3.05, 3.63) is 328 Å². The third-order valence-electron chi connectivity index (χ3n) is 18.7. The summed E-state index contributed by atoms with van der Waals surface area (Å²) in [7, 11) is 0. The fourth-order valence-corrected chi connectivity index (χ4v) is 16.0. The van der Waals surface area contributed by atoms with E-state index in [0.717, 1.165) is 105 Å². The van der Waals surface area contributed by atoms with Crippen LogP contribution in [0, 0.1) is 0 Å². The van der Waals surface area contributed by atoms with Crippen LogP contribution in [0.3, 0.4) is 0 Å². The fourth-order valence-electron chi connectivity index (χ4n) is 13.8. The van der Waals surface area contributed by atoms with Crippen molar-refractivity contribution in [1.82, 2.24) is 29.9 Å². The highest BCUT2D eigenvalue weighted by Crippen LogP contribution is 2.44. The van der Waals surface area contributed by atoms with Crippen LogP contribution in [0.25, 0.3) is 197 Å². The number of rotatable bonds is 10. The van der Waals surface area contributed by atoms with Crippen LogP contribution in [0.1, 0.15) is 0 Å². The van der Waals surface area contributed by atoms with Crippen LogP contribution < -0.4 is 0 Å². The second-order valence-electron chi connectivity index (χ2n) is 24.8. The number of aromatic nitrogens is 6. The van der Waals surface area contributed by atoms with Gasteiger partial charge in [-0.1, -0.05) is 243 Å². The molecule has 0 amide bonds. The normalized spacial score (nSPS) is 11.6. The van der Waals surface area contributed by atoms with Crippen LogP contribution in [0.4, 0.5) is 0 Å². The van der Waals surface area contributed by atoms with E-state index in [2.05, 4.69) is 212 Å². The molecule has 0 saturated carbocycles. The predicted molar refractivity (Wildman–Crippen MR) is 414 cm³/mol. The standard InChI is InChI=1S/C51H31N3OS.C39H23N3OS/c1-3-12-32(13-4-1)34-16-10-19-38(29-34)50-52-49(33-14-5-2-6-15-33)53-51(54-50)39-24-26-42-45(31-39)55-44-22-11-21-40(48(42)44)37-18-9-17-35(28-37)36-25-27-47-43(30-36)41-20-7-8-23-46(41)56-47;1-3-10-24(11-4-1)37-40-38(25-12-5-2-6-13-25)42-39(41-37)27-18-20-30-33(23-27)43-32-16-9-15-28(36(30)32)26-19-21-35-31(22-26)29-14-7-8-17-34(29)44-35/h1-31H;1-23H. The van der Waals surface area contributed by atoms with Crippen molar-refractivity contribution in [3.8, 4) is 113 Å². The van der Waals surface area contributed by atoms with Gasteiger partial charge in [-0.2, -0.15) is 0 Å². The van der Waals surface area contributed by atoms with Crippen molar-refractivity contribution >= 4 is 107 Å². The quantitative estimate of drug-likeness (QED) is 0.133. The monoisotopic (exact) mass is 1310 g/mol. The summed E-state index contributed by atoms with van der Waals surface area (Å²) in [5.41, 5.74) is 18.0. The van der Waals surface area contributed by atoms with Gasteiger partial charge in [-0.3, -0.25) is 0 Å². The summed E-state index contributed by atoms with van der Waals surface area (Å²) in [5.74, 6) is 3.70. The Hall–Kier alpha value is -12.9. The Labute approximate surface area is 582 Å². The number of furan rings is 2. The van der Waals surface area contributed by atoms with E-state index in [1.165, 1.54) is 57.0 Å². The number of hydrogen-bond acceptors (Lipinski definition) is 10. The van der Waals surface area contributed by atoms with E-state index in [-0.39, 0.29) is 0 Å². The van der Waals surface area contributed by atoms with E-state index < -0.39 is 0 Å². The fraction of sp³-hybridized carbons (Fsp3) is 0. The number of hydrogen-bond donors (Lipinski definition) is 0. The van der Waals surface area contributed by atoms with Gasteiger partial charge in [0.2, 0.25) is 0 Å². The number of nitrogens with zero attached hydrogens (tertiary/aromatic N) is 6. The zero-order valence-corrected chi connectivity index (χ0v) is 55.1. The number of benzene rings is 14. The molecule has 0 bridgehead atoms. The van der Waals surface area contributed by atoms with Crippen molar-refractivity contribution in [1.29, 1.82) is 0 Å². The summed E-state index contributed by atoms with van der Waals surface area (Å²) < 4.78 is 18.3. The first-order chi connectivity index (χ1) is 49.5. The molecule has 20 aromatic rings. The minimum absolute atomic E-state index is 0.588. The van der Waals surface area contributed by atoms with E-state index >= 15 is 0 Å². The topological polar surface area (TPSA) is 104 Å². The molecule has 10 heteroatoms. The Kier molecular flexibility index (Phi) is 14.4. The Bertz CT molecular complexity index is 6490. The summed E-state index contributed by atoms with van der Waals surface area (Å²) in [6, 6.07) is 114. The Balaban J connectivity index is 0.000000143. The summed E-state index contributed by atoms with van der Waals surface area (Å²) >= 11 is 3.68. The molecule has 0 unspecified atom stereocenters. The second kappa shape index (κ2) is 24.7. The largest absolute Gasteiger partial charge is 0.456 e. The molecule has 100 heavy (non-hydrogen) atoms. The first-order valence-corrected chi connectivity index (χ1v) is 34.8. The minimum atomic E-state index is 0.588. The maximum Gasteiger partial charge on any atom is 0.164 e. The third-order valence-corrected chi connectivity index (χ3v) is 21.0. The van der Waals surface area contributed by atoms with E-state index in [0.29, 0.717) is 34.9 Å². The highest BCUT2D eigenvalue weighted by Gasteiger charge is 2.21. The van der Waals surface area contributed by atoms with E-state index in [9.17, 15) is 0 Å². The van der Waals surface area contributed by atoms with Gasteiger partial charge in [0.15, 0.2) is 34.9 Å². The van der Waals surface area contributed by atoms with Crippen molar-refractivity contribution in [3.63, 3.8) is 0 Å². The van der Waals surface area contributed by atoms with Gasteiger partial charge in [-0.25, -0.2) is 29.9 Å². The molecular weight excluding hydrogens is 1260 g/mol. The Morgan fingerprint density at radius 2 is 0.490 bits per heavy atom. The Morgan fingerprint density at radius 1 is 0.180 bits per heavy atom. The molecule has 0 spiro atoms. The van der Waals surface area contributed by atoms with Crippen molar-refractivity contribution in [2.75, 3.05) is 0 Å². The molecule has 0 radical (unpaired) electrons. The van der Waals surface area contributed by atoms with Crippen molar-refractivity contribution in [2.45, 2.75) is 0 Å². The third kappa shape index (κ3) is 10.7. The molecule has 0 aliphatic carbocycles. The summed E-state index contributed by atoms with van der Waals surface area (Å²) in [4.78, 5) is 29.7. The smallest absolute Gasteiger partial charge is 0.164 e. The minimum Gasteiger partial charge on any atom is -0.456 e. The molecule has 8 nitrogen and oxygen atoms in total. The van der Waals surface area contributed by atoms with Crippen LogP contribution in [0.5, 0.6) is 0 Å². The van der Waals surface area contributed by atoms with Crippen LogP contribution in [0.2, 0.25) is 0 Å². The van der Waals surface area contributed by atoms with Crippen LogP contribution >= 0.6 is 22.7 Å². The van der Waals surface area contributed by atoms with Gasteiger partial charge >= 0.3 is 0 Å². The molecule has 0 atom stereocenters. The van der Waals surface area contributed by atoms with Crippen LogP contribution in [-0.2, 0) is 0 Å². The van der Waals surface area contributed by atoms with Crippen LogP contribution in [0.15, 0.2) is 336 Å². The summed E-state index contributed by atoms with van der Waals surface area (Å²) in [6.45, 7) is 0. The zero-order chi connectivity index (χ0) is 66.0. The number of thiophene rings is 2. The van der Waals surface area contributed by atoms with Crippen LogP contribution in [-0.4, -0.2) is 29.9 Å². The second-order valence-corrected chi connectivity index (χ2v) is 27.0. The molecule has 6 aromatic heterocycles. The van der Waals surface area contributed by atoms with Gasteiger partial charge in [0, 0.05) is 95.3 Å². The highest BCUT2D eigenvalue weighted by molar-refractivity contribution is 7.26. The lowest BCUT2D eigenvalue weighted by Gasteiger charge is -2.10. The molecule has 0 aliphatic rings. The van der Waals surface area contributed by atoms with Gasteiger partial charge in [0.1, 0.15) is 22.3 Å². The zero-order valence-electron chi connectivity index (χ0n) is 53.5. The van der Waals surface area contributed by atoms with Gasteiger partial charge in [0.05, 0.1) is 0 Å². The first kappa shape index (κ1) is 58.5. The lowest BCUT2D eigenvalue weighted by Crippen LogP contribution is -2.00. The SMILES string of the molecule is c1ccc(-c2cccc(-c3nc(-c4ccccc4)nc(-c4ccc5c(c4)oc4cccc(-c6cccc(-c7ccc8sc9ccccc9c8c7)c6)c45)n3)c2)cc1.c1ccc(-c2nc(-c3ccccc3)nc(-c3ccc4c(c3)oc3cccc(-c5ccc6sc7ccccc7c6c5)c34)n2)cc1. The number of fused-ring (bicyclic) bond motifs is 12. The molecule has 6 heterocycles. The predicted octanol–water partition coefficient (Wildman–Crippen LogP) is 24.9. The van der Waals surface area contributed by atoms with Gasteiger partial charge in [0.25, 0.3) is 0 Å². The van der Waals surface area contributed by atoms with Crippen molar-refractivity contribution < 1.29 is 8.83 Å². The molecule has 0 N–H and O–H groups in total. The molecular formula is C90H54N6O2S2. The first-order valence-electron chi connectivity index (χ1n) is 33.2. The van der Waals surface area contributed by atoms with Gasteiger partial charge in [-0.05, 0) is 129 Å². The molecule has 14 aromatic carbocycles. The maximum atomic E-state index is 6.60. The molecule has 0 aliphatic heterocycles. The lowest BCUT2D eigenvalue weighted by atomic mass is 9.95.